The van der Waals surface area contributed by atoms with Gasteiger partial charge in [-0.1, -0.05) is 61.8 Å². The van der Waals surface area contributed by atoms with Crippen LogP contribution in [-0.4, -0.2) is 18.2 Å². The molecule has 0 aliphatic carbocycles. The first-order chi connectivity index (χ1) is 9.99. The van der Waals surface area contributed by atoms with Crippen LogP contribution in [0.4, 0.5) is 0 Å². The van der Waals surface area contributed by atoms with E-state index >= 15 is 0 Å². The Morgan fingerprint density at radius 3 is 1.74 bits per heavy atom. The van der Waals surface area contributed by atoms with Crippen LogP contribution in [0.2, 0.25) is 0 Å². The van der Waals surface area contributed by atoms with E-state index in [0.717, 1.165) is 38.6 Å². The van der Waals surface area contributed by atoms with Crippen LogP contribution in [0.3, 0.4) is 0 Å². The second-order valence-corrected chi connectivity index (χ2v) is 8.85. The van der Waals surface area contributed by atoms with E-state index in [4.69, 9.17) is 0 Å². The maximum absolute atomic E-state index is 11.7. The number of amides is 1. The van der Waals surface area contributed by atoms with Crippen molar-refractivity contribution in [2.75, 3.05) is 6.54 Å². The predicted molar refractivity (Wildman–Crippen MR) is 101 cm³/mol. The van der Waals surface area contributed by atoms with Gasteiger partial charge in [0.15, 0.2) is 0 Å². The van der Waals surface area contributed by atoms with Gasteiger partial charge >= 0.3 is 0 Å². The molecule has 23 heavy (non-hydrogen) atoms. The van der Waals surface area contributed by atoms with Crippen molar-refractivity contribution in [1.29, 1.82) is 0 Å². The molecule has 0 saturated heterocycles. The van der Waals surface area contributed by atoms with E-state index in [0.29, 0.717) is 25.0 Å². The molecule has 0 aromatic heterocycles. The molecule has 0 bridgehead atoms. The molecule has 0 atom stereocenters. The van der Waals surface area contributed by atoms with Crippen LogP contribution in [0.1, 0.15) is 100 Å². The number of carbonyl (C=O) groups excluding carboxylic acids is 2. The van der Waals surface area contributed by atoms with Gasteiger partial charge in [0, 0.05) is 25.8 Å². The third-order valence-corrected chi connectivity index (χ3v) is 3.58. The van der Waals surface area contributed by atoms with Crippen LogP contribution in [0.5, 0.6) is 0 Å². The van der Waals surface area contributed by atoms with Gasteiger partial charge in [0.2, 0.25) is 5.91 Å². The average Bonchev–Trinajstić information content (AvgIpc) is 2.36. The molecule has 0 radical (unpaired) electrons. The number of hydrogen-bond donors (Lipinski definition) is 1. The van der Waals surface area contributed by atoms with Crippen LogP contribution in [0, 0.1) is 10.8 Å². The largest absolute Gasteiger partial charge is 0.356 e. The van der Waals surface area contributed by atoms with E-state index in [1.54, 1.807) is 0 Å². The highest BCUT2D eigenvalue weighted by atomic mass is 16.1. The number of rotatable bonds is 10. The molecule has 0 unspecified atom stereocenters. The van der Waals surface area contributed by atoms with Crippen LogP contribution in [0.25, 0.3) is 0 Å². The summed E-state index contributed by atoms with van der Waals surface area (Å²) in [5, 5.41) is 2.97. The maximum atomic E-state index is 11.7. The summed E-state index contributed by atoms with van der Waals surface area (Å²) < 4.78 is 0. The number of ketones is 1. The molecule has 0 saturated carbocycles. The Hall–Kier alpha value is -0.860. The molecule has 138 valence electrons. The lowest BCUT2D eigenvalue weighted by Gasteiger charge is -2.18. The lowest BCUT2D eigenvalue weighted by Crippen LogP contribution is -2.31. The summed E-state index contributed by atoms with van der Waals surface area (Å²) in [6, 6.07) is 0. The van der Waals surface area contributed by atoms with Crippen molar-refractivity contribution in [3.8, 4) is 0 Å². The third kappa shape index (κ3) is 19.1. The Morgan fingerprint density at radius 2 is 1.26 bits per heavy atom. The molecular formula is C20H41NO2. The van der Waals surface area contributed by atoms with E-state index in [-0.39, 0.29) is 24.2 Å². The molecule has 0 aromatic rings. The van der Waals surface area contributed by atoms with E-state index in [2.05, 4.69) is 46.9 Å². The first kappa shape index (κ1) is 24.4. The van der Waals surface area contributed by atoms with E-state index in [1.807, 2.05) is 0 Å². The summed E-state index contributed by atoms with van der Waals surface area (Å²) in [5.74, 6) is 0.536. The minimum atomic E-state index is 0. The fourth-order valence-corrected chi connectivity index (χ4v) is 2.05. The molecule has 1 amide bonds. The molecule has 0 fully saturated rings. The molecule has 0 heterocycles. The van der Waals surface area contributed by atoms with Gasteiger partial charge in [-0.3, -0.25) is 9.59 Å². The molecule has 0 spiro atoms. The minimum absolute atomic E-state index is 0. The monoisotopic (exact) mass is 327 g/mol. The normalized spacial score (nSPS) is 11.7. The highest BCUT2D eigenvalue weighted by molar-refractivity contribution is 5.78. The van der Waals surface area contributed by atoms with Crippen LogP contribution in [0.15, 0.2) is 0 Å². The number of nitrogens with one attached hydrogen (secondary N) is 1. The minimum Gasteiger partial charge on any atom is -0.356 e. The van der Waals surface area contributed by atoms with Gasteiger partial charge in [-0.25, -0.2) is 0 Å². The molecule has 3 nitrogen and oxygen atoms in total. The molecule has 1 N–H and O–H groups in total. The van der Waals surface area contributed by atoms with Gasteiger partial charge in [0.1, 0.15) is 5.78 Å². The fourth-order valence-electron chi connectivity index (χ4n) is 2.05. The number of carbonyl (C=O) groups is 2. The fraction of sp³-hybridized carbons (Fsp3) is 0.900. The highest BCUT2D eigenvalue weighted by Gasteiger charge is 2.13. The Morgan fingerprint density at radius 1 is 0.739 bits per heavy atom. The SMILES string of the molecule is C.CC(C)(C)CCC(=O)CCCCCCC(=O)NCC(C)(C)C. The van der Waals surface area contributed by atoms with E-state index in [1.165, 1.54) is 0 Å². The topological polar surface area (TPSA) is 46.2 Å². The van der Waals surface area contributed by atoms with Gasteiger partial charge in [-0.2, -0.15) is 0 Å². The van der Waals surface area contributed by atoms with E-state index in [9.17, 15) is 9.59 Å². The first-order valence-corrected chi connectivity index (χ1v) is 8.78. The van der Waals surface area contributed by atoms with Gasteiger partial charge < -0.3 is 5.32 Å². The number of unbranched alkanes of at least 4 members (excludes halogenated alkanes) is 3. The van der Waals surface area contributed by atoms with Gasteiger partial charge in [-0.15, -0.1) is 0 Å². The van der Waals surface area contributed by atoms with Crippen molar-refractivity contribution in [3.05, 3.63) is 0 Å². The lowest BCUT2D eigenvalue weighted by molar-refractivity contribution is -0.122. The summed E-state index contributed by atoms with van der Waals surface area (Å²) in [5.41, 5.74) is 0.388. The number of Topliss-reactive ketones (excluding diaryl/α,β-unsaturated/α-hetero) is 1. The summed E-state index contributed by atoms with van der Waals surface area (Å²) in [6.45, 7) is 13.6. The summed E-state index contributed by atoms with van der Waals surface area (Å²) in [7, 11) is 0. The number of hydrogen-bond acceptors (Lipinski definition) is 2. The van der Waals surface area contributed by atoms with Crippen LogP contribution >= 0.6 is 0 Å². The van der Waals surface area contributed by atoms with Crippen molar-refractivity contribution in [2.45, 2.75) is 100 Å². The maximum Gasteiger partial charge on any atom is 0.220 e. The lowest BCUT2D eigenvalue weighted by atomic mass is 9.89. The Balaban J connectivity index is 0. The summed E-state index contributed by atoms with van der Waals surface area (Å²) >= 11 is 0. The van der Waals surface area contributed by atoms with Crippen molar-refractivity contribution >= 4 is 11.7 Å². The molecule has 0 aliphatic rings. The first-order valence-electron chi connectivity index (χ1n) is 8.78. The molecular weight excluding hydrogens is 286 g/mol. The second-order valence-electron chi connectivity index (χ2n) is 8.85. The zero-order valence-corrected chi connectivity index (χ0v) is 15.7. The standard InChI is InChI=1S/C19H37NO2.CH4/c1-18(2,3)14-13-16(21)11-9-7-8-10-12-17(22)20-15-19(4,5)6;/h7-15H2,1-6H3,(H,20,22);1H4. The predicted octanol–water partition coefficient (Wildman–Crippen LogP) is 5.52. The van der Waals surface area contributed by atoms with Gasteiger partial charge in [-0.05, 0) is 30.1 Å². The van der Waals surface area contributed by atoms with Gasteiger partial charge in [0.05, 0.1) is 0 Å². The second kappa shape index (κ2) is 11.6. The molecule has 0 aromatic carbocycles. The van der Waals surface area contributed by atoms with Gasteiger partial charge in [0.25, 0.3) is 0 Å². The van der Waals surface area contributed by atoms with Crippen molar-refractivity contribution < 1.29 is 9.59 Å². The molecule has 0 rings (SSSR count). The van der Waals surface area contributed by atoms with Crippen LogP contribution < -0.4 is 5.32 Å². The Bertz CT molecular complexity index is 301. The summed E-state index contributed by atoms with van der Waals surface area (Å²) in [4.78, 5) is 23.4. The molecule has 0 aliphatic heterocycles. The van der Waals surface area contributed by atoms with Crippen molar-refractivity contribution in [2.24, 2.45) is 10.8 Å². The smallest absolute Gasteiger partial charge is 0.220 e. The summed E-state index contributed by atoms with van der Waals surface area (Å²) in [6.07, 6.45) is 6.96. The average molecular weight is 328 g/mol. The quantitative estimate of drug-likeness (QED) is 0.537. The van der Waals surface area contributed by atoms with Crippen molar-refractivity contribution in [3.63, 3.8) is 0 Å². The third-order valence-electron chi connectivity index (χ3n) is 3.58. The Kier molecular flexibility index (Phi) is 12.3. The molecule has 3 heteroatoms. The van der Waals surface area contributed by atoms with Crippen molar-refractivity contribution in [1.82, 2.24) is 5.32 Å². The zero-order valence-electron chi connectivity index (χ0n) is 15.7. The van der Waals surface area contributed by atoms with Crippen LogP contribution in [-0.2, 0) is 9.59 Å². The Labute approximate surface area is 145 Å². The zero-order chi connectivity index (χ0) is 17.2. The highest BCUT2D eigenvalue weighted by Crippen LogP contribution is 2.21. The van der Waals surface area contributed by atoms with E-state index < -0.39 is 0 Å².